The van der Waals surface area contributed by atoms with Gasteiger partial charge in [0.1, 0.15) is 23.3 Å². The van der Waals surface area contributed by atoms with Crippen LogP contribution in [0.15, 0.2) is 18.3 Å². The van der Waals surface area contributed by atoms with Crippen LogP contribution in [0.5, 0.6) is 5.75 Å². The average molecular weight is 465 g/mol. The van der Waals surface area contributed by atoms with E-state index >= 15 is 0 Å². The highest BCUT2D eigenvalue weighted by atomic mass is 19.4. The molecule has 0 radical (unpaired) electrons. The van der Waals surface area contributed by atoms with Crippen molar-refractivity contribution in [3.8, 4) is 5.75 Å². The molecule has 1 amide bonds. The molecule has 2 aromatic rings. The fourth-order valence-electron chi connectivity index (χ4n) is 4.18. The van der Waals surface area contributed by atoms with Crippen molar-refractivity contribution in [2.75, 3.05) is 27.9 Å². The Morgan fingerprint density at radius 2 is 1.88 bits per heavy atom. The number of hydrogen-bond acceptors (Lipinski definition) is 8. The van der Waals surface area contributed by atoms with Gasteiger partial charge in [-0.25, -0.2) is 9.97 Å². The van der Waals surface area contributed by atoms with Gasteiger partial charge in [0.05, 0.1) is 11.9 Å². The Balaban J connectivity index is 1.35. The Morgan fingerprint density at radius 1 is 1.18 bits per heavy atom. The summed E-state index contributed by atoms with van der Waals surface area (Å²) in [5, 5.41) is 9.45. The zero-order valence-corrected chi connectivity index (χ0v) is 18.7. The number of pyridine rings is 1. The molecule has 0 unspecified atom stereocenters. The molecule has 178 valence electrons. The highest BCUT2D eigenvalue weighted by molar-refractivity contribution is 6.03. The first-order chi connectivity index (χ1) is 15.5. The summed E-state index contributed by atoms with van der Waals surface area (Å²) in [4.78, 5) is 27.4. The van der Waals surface area contributed by atoms with Gasteiger partial charge in [-0.05, 0) is 37.8 Å². The molecule has 0 saturated heterocycles. The summed E-state index contributed by atoms with van der Waals surface area (Å²) >= 11 is 0. The Kier molecular flexibility index (Phi) is 5.93. The van der Waals surface area contributed by atoms with E-state index in [0.29, 0.717) is 29.0 Å². The second-order valence-corrected chi connectivity index (χ2v) is 8.70. The molecule has 33 heavy (non-hydrogen) atoms. The lowest BCUT2D eigenvalue weighted by Gasteiger charge is -2.38. The first-order valence-corrected chi connectivity index (χ1v) is 10.7. The smallest absolute Gasteiger partial charge is 0.404 e. The maximum Gasteiger partial charge on any atom is 0.573 e. The van der Waals surface area contributed by atoms with Gasteiger partial charge in [0.15, 0.2) is 5.82 Å². The van der Waals surface area contributed by atoms with Gasteiger partial charge in [-0.15, -0.1) is 13.2 Å². The van der Waals surface area contributed by atoms with Gasteiger partial charge in [0, 0.05) is 19.1 Å². The normalized spacial score (nSPS) is 22.4. The summed E-state index contributed by atoms with van der Waals surface area (Å²) in [5.41, 5.74) is 1.31. The van der Waals surface area contributed by atoms with Crippen molar-refractivity contribution in [3.63, 3.8) is 0 Å². The standard InChI is InChI=1S/C21H26F3N7O2/c1-10(2)17-19(32)29-16-11(3)26-20(30-18(16)31(17)4)28-13-7-12(8-13)27-15-6-5-14(9-25-15)33-21(22,23)24/h5-6,9-10,12-13,17H,7-8H2,1-4H3,(H,25,27)(H,29,32)(H,26,28,30)/t12?,13?,17-/m0/s1. The molecule has 3 heterocycles. The molecule has 1 aliphatic heterocycles. The van der Waals surface area contributed by atoms with Crippen molar-refractivity contribution in [1.29, 1.82) is 0 Å². The third-order valence-electron chi connectivity index (χ3n) is 5.76. The number of halogens is 3. The van der Waals surface area contributed by atoms with Crippen molar-refractivity contribution >= 4 is 29.2 Å². The predicted octanol–water partition coefficient (Wildman–Crippen LogP) is 3.55. The molecule has 2 aliphatic rings. The number of likely N-dealkylation sites (N-methyl/N-ethyl adjacent to an activating group) is 1. The van der Waals surface area contributed by atoms with Crippen LogP contribution in [0, 0.1) is 12.8 Å². The predicted molar refractivity (Wildman–Crippen MR) is 117 cm³/mol. The third kappa shape index (κ3) is 5.04. The van der Waals surface area contributed by atoms with Gasteiger partial charge in [-0.3, -0.25) is 4.79 Å². The van der Waals surface area contributed by atoms with Gasteiger partial charge in [0.25, 0.3) is 0 Å². The molecule has 9 nitrogen and oxygen atoms in total. The van der Waals surface area contributed by atoms with Crippen LogP contribution in [0.1, 0.15) is 32.4 Å². The highest BCUT2D eigenvalue weighted by Crippen LogP contribution is 2.35. The Hall–Kier alpha value is -3.31. The van der Waals surface area contributed by atoms with E-state index in [-0.39, 0.29) is 35.7 Å². The molecule has 1 atom stereocenters. The molecule has 2 aromatic heterocycles. The third-order valence-corrected chi connectivity index (χ3v) is 5.76. The SMILES string of the molecule is Cc1nc(NC2CC(Nc3ccc(OC(F)(F)F)cn3)C2)nc2c1NC(=O)[C@H](C(C)C)N2C. The molecule has 0 bridgehead atoms. The Morgan fingerprint density at radius 3 is 2.48 bits per heavy atom. The maximum absolute atomic E-state index is 12.5. The van der Waals surface area contributed by atoms with Gasteiger partial charge >= 0.3 is 6.36 Å². The van der Waals surface area contributed by atoms with Crippen molar-refractivity contribution in [1.82, 2.24) is 15.0 Å². The zero-order chi connectivity index (χ0) is 23.9. The van der Waals surface area contributed by atoms with Crippen LogP contribution in [0.25, 0.3) is 0 Å². The lowest BCUT2D eigenvalue weighted by atomic mass is 9.87. The fraction of sp³-hybridized carbons (Fsp3) is 0.524. The number of carbonyl (C=O) groups is 1. The topological polar surface area (TPSA) is 104 Å². The minimum Gasteiger partial charge on any atom is -0.404 e. The highest BCUT2D eigenvalue weighted by Gasteiger charge is 2.36. The molecule has 12 heteroatoms. The molecule has 1 aliphatic carbocycles. The van der Waals surface area contributed by atoms with Gasteiger partial charge in [-0.1, -0.05) is 13.8 Å². The second-order valence-electron chi connectivity index (χ2n) is 8.70. The van der Waals surface area contributed by atoms with Crippen LogP contribution in [0.4, 0.5) is 36.4 Å². The number of nitrogens with one attached hydrogen (secondary N) is 3. The number of aryl methyl sites for hydroxylation is 1. The van der Waals surface area contributed by atoms with E-state index in [1.165, 1.54) is 12.1 Å². The number of nitrogens with zero attached hydrogens (tertiary/aromatic N) is 4. The number of alkyl halides is 3. The number of anilines is 4. The molecule has 3 N–H and O–H groups in total. The average Bonchev–Trinajstić information content (AvgIpc) is 2.67. The molecule has 1 saturated carbocycles. The summed E-state index contributed by atoms with van der Waals surface area (Å²) in [6.45, 7) is 5.82. The van der Waals surface area contributed by atoms with Gasteiger partial charge in [-0.2, -0.15) is 4.98 Å². The second kappa shape index (κ2) is 8.56. The van der Waals surface area contributed by atoms with Crippen molar-refractivity contribution in [2.24, 2.45) is 5.92 Å². The first kappa shape index (κ1) is 22.9. The number of ether oxygens (including phenoxy) is 1. The van der Waals surface area contributed by atoms with E-state index in [4.69, 9.17) is 0 Å². The summed E-state index contributed by atoms with van der Waals surface area (Å²) < 4.78 is 40.6. The zero-order valence-electron chi connectivity index (χ0n) is 18.7. The number of hydrogen-bond donors (Lipinski definition) is 3. The first-order valence-electron chi connectivity index (χ1n) is 10.7. The van der Waals surface area contributed by atoms with Crippen LogP contribution in [0.3, 0.4) is 0 Å². The van der Waals surface area contributed by atoms with Crippen LogP contribution < -0.4 is 25.6 Å². The maximum atomic E-state index is 12.5. The summed E-state index contributed by atoms with van der Waals surface area (Å²) in [7, 11) is 1.86. The number of rotatable bonds is 6. The molecular formula is C21H26F3N7O2. The van der Waals surface area contributed by atoms with E-state index < -0.39 is 6.36 Å². The quantitative estimate of drug-likeness (QED) is 0.595. The molecule has 0 aromatic carbocycles. The Labute approximate surface area is 189 Å². The largest absolute Gasteiger partial charge is 0.573 e. The Bertz CT molecular complexity index is 1020. The monoisotopic (exact) mass is 465 g/mol. The van der Waals surface area contributed by atoms with Crippen LogP contribution in [-0.2, 0) is 4.79 Å². The molecule has 0 spiro atoms. The van der Waals surface area contributed by atoms with E-state index in [1.54, 1.807) is 0 Å². The van der Waals surface area contributed by atoms with Crippen LogP contribution >= 0.6 is 0 Å². The van der Waals surface area contributed by atoms with E-state index in [0.717, 1.165) is 19.0 Å². The lowest BCUT2D eigenvalue weighted by Crippen LogP contribution is -2.50. The van der Waals surface area contributed by atoms with E-state index in [1.807, 2.05) is 32.7 Å². The van der Waals surface area contributed by atoms with E-state index in [2.05, 4.69) is 35.6 Å². The minimum atomic E-state index is -4.74. The number of aromatic nitrogens is 3. The van der Waals surface area contributed by atoms with Crippen LogP contribution in [0.2, 0.25) is 0 Å². The lowest BCUT2D eigenvalue weighted by molar-refractivity contribution is -0.274. The summed E-state index contributed by atoms with van der Waals surface area (Å²) in [6, 6.07) is 2.62. The van der Waals surface area contributed by atoms with Crippen molar-refractivity contribution in [3.05, 3.63) is 24.0 Å². The van der Waals surface area contributed by atoms with Gasteiger partial charge in [0.2, 0.25) is 11.9 Å². The summed E-state index contributed by atoms with van der Waals surface area (Å²) in [5.74, 6) is 1.35. The number of amides is 1. The number of carbonyl (C=O) groups excluding carboxylic acids is 1. The number of fused-ring (bicyclic) bond motifs is 1. The minimum absolute atomic E-state index is 0.0630. The molecular weight excluding hydrogens is 439 g/mol. The summed E-state index contributed by atoms with van der Waals surface area (Å²) in [6.07, 6.45) is -2.17. The fourth-order valence-corrected chi connectivity index (χ4v) is 4.18. The van der Waals surface area contributed by atoms with Gasteiger partial charge < -0.3 is 25.6 Å². The molecule has 4 rings (SSSR count). The molecule has 1 fully saturated rings. The van der Waals surface area contributed by atoms with Crippen molar-refractivity contribution in [2.45, 2.75) is 58.1 Å². The van der Waals surface area contributed by atoms with Crippen molar-refractivity contribution < 1.29 is 22.7 Å². The van der Waals surface area contributed by atoms with Crippen LogP contribution in [-0.4, -0.2) is 52.4 Å². The van der Waals surface area contributed by atoms with E-state index in [9.17, 15) is 18.0 Å².